The molecule has 0 spiro atoms. The molecule has 0 aliphatic rings. The molecule has 3 N–H and O–H groups in total. The van der Waals surface area contributed by atoms with Crippen molar-refractivity contribution in [2.45, 2.75) is 111 Å². The molecular weight excluding hydrogens is 316 g/mol. The SMILES string of the molecule is CCCCCCCCCCCCCC(=O)O.CC[N+]([O-])(CC)C(C)N. The lowest BCUT2D eigenvalue weighted by Gasteiger charge is -2.44. The van der Waals surface area contributed by atoms with Crippen molar-refractivity contribution in [3.05, 3.63) is 5.21 Å². The zero-order valence-corrected chi connectivity index (χ0v) is 17.3. The van der Waals surface area contributed by atoms with Gasteiger partial charge in [-0.05, 0) is 20.3 Å². The first-order valence-electron chi connectivity index (χ1n) is 10.4. The third-order valence-corrected chi connectivity index (χ3v) is 4.81. The summed E-state index contributed by atoms with van der Waals surface area (Å²) in [4.78, 5) is 10.3. The lowest BCUT2D eigenvalue weighted by atomic mass is 10.1. The van der Waals surface area contributed by atoms with Crippen LogP contribution in [0.5, 0.6) is 0 Å². The van der Waals surface area contributed by atoms with Gasteiger partial charge in [-0.25, -0.2) is 0 Å². The Bertz CT molecular complexity index is 293. The van der Waals surface area contributed by atoms with E-state index in [1.807, 2.05) is 13.8 Å². The Kier molecular flexibility index (Phi) is 19.3. The third-order valence-electron chi connectivity index (χ3n) is 4.81. The smallest absolute Gasteiger partial charge is 0.303 e. The highest BCUT2D eigenvalue weighted by Gasteiger charge is 2.15. The maximum absolute atomic E-state index is 11.4. The predicted molar refractivity (Wildman–Crippen MR) is 107 cm³/mol. The number of unbranched alkanes of at least 4 members (excludes halogenated alkanes) is 10. The summed E-state index contributed by atoms with van der Waals surface area (Å²) in [6, 6.07) is 0. The van der Waals surface area contributed by atoms with Gasteiger partial charge in [-0.2, -0.15) is 0 Å². The molecule has 5 heteroatoms. The molecule has 0 saturated carbocycles. The Morgan fingerprint density at radius 3 is 1.48 bits per heavy atom. The highest BCUT2D eigenvalue weighted by molar-refractivity contribution is 5.66. The van der Waals surface area contributed by atoms with E-state index >= 15 is 0 Å². The van der Waals surface area contributed by atoms with Gasteiger partial charge in [-0.3, -0.25) is 10.5 Å². The molecule has 0 rings (SSSR count). The third kappa shape index (κ3) is 18.0. The number of carbonyl (C=O) groups is 1. The lowest BCUT2D eigenvalue weighted by molar-refractivity contribution is -0.899. The topological polar surface area (TPSA) is 86.4 Å². The Morgan fingerprint density at radius 2 is 1.24 bits per heavy atom. The number of hydrogen-bond acceptors (Lipinski definition) is 3. The van der Waals surface area contributed by atoms with E-state index in [0.29, 0.717) is 19.5 Å². The molecule has 152 valence electrons. The van der Waals surface area contributed by atoms with Gasteiger partial charge in [-0.15, -0.1) is 0 Å². The molecule has 0 radical (unpaired) electrons. The molecule has 0 amide bonds. The van der Waals surface area contributed by atoms with Crippen LogP contribution in [-0.2, 0) is 4.79 Å². The molecule has 0 saturated heterocycles. The molecule has 1 atom stereocenters. The van der Waals surface area contributed by atoms with Gasteiger partial charge in [0, 0.05) is 13.3 Å². The average Bonchev–Trinajstić information content (AvgIpc) is 2.59. The maximum Gasteiger partial charge on any atom is 0.303 e. The van der Waals surface area contributed by atoms with Gasteiger partial charge in [-0.1, -0.05) is 71.1 Å². The first-order valence-corrected chi connectivity index (χ1v) is 10.4. The Balaban J connectivity index is 0. The quantitative estimate of drug-likeness (QED) is 0.177. The standard InChI is InChI=1S/C14H28O2.C6H16N2O/c1-2-3-4-5-6-7-8-9-10-11-12-13-14(15)16;1-4-8(9,5-2)6(3)7/h2-13H2,1H3,(H,15,16);6H,4-5,7H2,1-3H3. The van der Waals surface area contributed by atoms with E-state index in [0.717, 1.165) is 12.8 Å². The molecule has 25 heavy (non-hydrogen) atoms. The van der Waals surface area contributed by atoms with Gasteiger partial charge >= 0.3 is 5.97 Å². The van der Waals surface area contributed by atoms with Crippen LogP contribution in [0.4, 0.5) is 0 Å². The summed E-state index contributed by atoms with van der Waals surface area (Å²) in [5.41, 5.74) is 5.45. The number of carboxylic acids is 1. The molecule has 0 fully saturated rings. The summed E-state index contributed by atoms with van der Waals surface area (Å²) in [5.74, 6) is -0.657. The van der Waals surface area contributed by atoms with E-state index in [4.69, 9.17) is 10.8 Å². The second kappa shape index (κ2) is 18.2. The first-order chi connectivity index (χ1) is 11.8. The van der Waals surface area contributed by atoms with Gasteiger partial charge in [0.2, 0.25) is 0 Å². The molecule has 0 aliphatic heterocycles. The van der Waals surface area contributed by atoms with Crippen LogP contribution >= 0.6 is 0 Å². The fraction of sp³-hybridized carbons (Fsp3) is 0.950. The molecule has 0 aromatic carbocycles. The average molecular weight is 361 g/mol. The largest absolute Gasteiger partial charge is 0.632 e. The highest BCUT2D eigenvalue weighted by atomic mass is 16.5. The molecule has 5 nitrogen and oxygen atoms in total. The van der Waals surface area contributed by atoms with E-state index in [9.17, 15) is 10.0 Å². The Morgan fingerprint density at radius 1 is 0.880 bits per heavy atom. The number of nitrogens with two attached hydrogens (primary N) is 1. The fourth-order valence-electron chi connectivity index (χ4n) is 2.74. The van der Waals surface area contributed by atoms with E-state index in [1.54, 1.807) is 6.92 Å². The zero-order chi connectivity index (χ0) is 19.6. The Labute approximate surface area is 156 Å². The van der Waals surface area contributed by atoms with Crippen LogP contribution in [0.25, 0.3) is 0 Å². The number of nitrogens with zero attached hydrogens (tertiary/aromatic N) is 1. The number of hydrogen-bond donors (Lipinski definition) is 2. The van der Waals surface area contributed by atoms with Crippen LogP contribution < -0.4 is 5.73 Å². The number of carboxylic acid groups (broad SMARTS) is 1. The second-order valence-electron chi connectivity index (χ2n) is 7.00. The van der Waals surface area contributed by atoms with E-state index in [-0.39, 0.29) is 10.8 Å². The fourth-order valence-corrected chi connectivity index (χ4v) is 2.74. The minimum Gasteiger partial charge on any atom is -0.632 e. The van der Waals surface area contributed by atoms with Crippen molar-refractivity contribution in [1.29, 1.82) is 0 Å². The summed E-state index contributed by atoms with van der Waals surface area (Å²) in [6.07, 6.45) is 14.1. The van der Waals surface area contributed by atoms with Crippen LogP contribution in [-0.4, -0.2) is 35.0 Å². The number of rotatable bonds is 15. The maximum atomic E-state index is 11.4. The van der Waals surface area contributed by atoms with Crippen LogP contribution in [0.1, 0.15) is 105 Å². The van der Waals surface area contributed by atoms with Crippen molar-refractivity contribution >= 4 is 5.97 Å². The number of hydroxylamine groups is 3. The van der Waals surface area contributed by atoms with E-state index in [1.165, 1.54) is 57.8 Å². The van der Waals surface area contributed by atoms with E-state index in [2.05, 4.69) is 6.92 Å². The zero-order valence-electron chi connectivity index (χ0n) is 17.3. The van der Waals surface area contributed by atoms with Crippen LogP contribution in [0.3, 0.4) is 0 Å². The second-order valence-corrected chi connectivity index (χ2v) is 7.00. The van der Waals surface area contributed by atoms with Gasteiger partial charge in [0.25, 0.3) is 0 Å². The minimum absolute atomic E-state index is 0.278. The summed E-state index contributed by atoms with van der Waals surface area (Å²) < 4.78 is -0.278. The Hall–Kier alpha value is -0.650. The van der Waals surface area contributed by atoms with E-state index < -0.39 is 5.97 Å². The van der Waals surface area contributed by atoms with Crippen LogP contribution in [0.2, 0.25) is 0 Å². The lowest BCUT2D eigenvalue weighted by Crippen LogP contribution is -2.53. The summed E-state index contributed by atoms with van der Waals surface area (Å²) in [6.45, 7) is 8.85. The minimum atomic E-state index is -0.657. The number of quaternary nitrogens is 1. The molecule has 0 aromatic rings. The summed E-state index contributed by atoms with van der Waals surface area (Å²) in [7, 11) is 0. The number of aliphatic carboxylic acids is 1. The molecule has 0 heterocycles. The van der Waals surface area contributed by atoms with Gasteiger partial charge < -0.3 is 15.0 Å². The predicted octanol–water partition coefficient (Wildman–Crippen LogP) is 5.42. The van der Waals surface area contributed by atoms with Crippen LogP contribution in [0, 0.1) is 5.21 Å². The normalized spacial score (nSPS) is 12.4. The molecule has 0 aromatic heterocycles. The highest BCUT2D eigenvalue weighted by Crippen LogP contribution is 2.11. The molecule has 0 aliphatic carbocycles. The van der Waals surface area contributed by atoms with Crippen molar-refractivity contribution in [3.8, 4) is 0 Å². The van der Waals surface area contributed by atoms with Gasteiger partial charge in [0.05, 0.1) is 13.1 Å². The van der Waals surface area contributed by atoms with Crippen LogP contribution in [0.15, 0.2) is 0 Å². The van der Waals surface area contributed by atoms with Crippen molar-refractivity contribution in [1.82, 2.24) is 0 Å². The molecule has 0 bridgehead atoms. The molecular formula is C20H44N2O3. The van der Waals surface area contributed by atoms with Crippen molar-refractivity contribution in [3.63, 3.8) is 0 Å². The summed E-state index contributed by atoms with van der Waals surface area (Å²) in [5, 5.41) is 19.8. The van der Waals surface area contributed by atoms with Gasteiger partial charge in [0.15, 0.2) is 0 Å². The van der Waals surface area contributed by atoms with Gasteiger partial charge in [0.1, 0.15) is 6.17 Å². The monoisotopic (exact) mass is 360 g/mol. The van der Waals surface area contributed by atoms with Crippen molar-refractivity contribution in [2.24, 2.45) is 5.73 Å². The van der Waals surface area contributed by atoms with Crippen molar-refractivity contribution < 1.29 is 14.5 Å². The molecule has 1 unspecified atom stereocenters. The summed E-state index contributed by atoms with van der Waals surface area (Å²) >= 11 is 0. The first kappa shape index (κ1) is 26.6. The van der Waals surface area contributed by atoms with Crippen molar-refractivity contribution in [2.75, 3.05) is 13.1 Å².